The highest BCUT2D eigenvalue weighted by atomic mass is 16.2. The molecule has 2 aromatic rings. The average molecular weight is 357 g/mol. The van der Waals surface area contributed by atoms with E-state index >= 15 is 0 Å². The van der Waals surface area contributed by atoms with Gasteiger partial charge in [-0.2, -0.15) is 5.10 Å². The van der Waals surface area contributed by atoms with Gasteiger partial charge in [0.15, 0.2) is 5.69 Å². The molecule has 26 heavy (non-hydrogen) atoms. The van der Waals surface area contributed by atoms with Crippen molar-refractivity contribution in [3.63, 3.8) is 0 Å². The van der Waals surface area contributed by atoms with E-state index in [-0.39, 0.29) is 17.4 Å². The Bertz CT molecular complexity index is 884. The van der Waals surface area contributed by atoms with Gasteiger partial charge in [-0.05, 0) is 13.0 Å². The van der Waals surface area contributed by atoms with Crippen LogP contribution in [0.4, 0.5) is 0 Å². The van der Waals surface area contributed by atoms with Crippen molar-refractivity contribution in [2.24, 2.45) is 7.05 Å². The first kappa shape index (κ1) is 18.1. The van der Waals surface area contributed by atoms with Crippen LogP contribution >= 0.6 is 0 Å². The maximum atomic E-state index is 13.0. The van der Waals surface area contributed by atoms with Crippen LogP contribution in [0, 0.1) is 0 Å². The van der Waals surface area contributed by atoms with E-state index in [2.05, 4.69) is 10.4 Å². The van der Waals surface area contributed by atoms with Gasteiger partial charge in [-0.1, -0.05) is 18.2 Å². The Morgan fingerprint density at radius 1 is 1.12 bits per heavy atom. The predicted molar refractivity (Wildman–Crippen MR) is 98.0 cm³/mol. The second kappa shape index (κ2) is 7.65. The number of benzene rings is 1. The van der Waals surface area contributed by atoms with Gasteiger partial charge in [-0.3, -0.25) is 19.3 Å². The summed E-state index contributed by atoms with van der Waals surface area (Å²) in [7, 11) is 1.55. The Morgan fingerprint density at radius 3 is 2.42 bits per heavy atom. The molecular formula is C18H23N5O3. The molecule has 0 spiro atoms. The lowest BCUT2D eigenvalue weighted by Gasteiger charge is -2.34. The van der Waals surface area contributed by atoms with E-state index < -0.39 is 0 Å². The van der Waals surface area contributed by atoms with E-state index in [1.165, 1.54) is 4.68 Å². The Morgan fingerprint density at radius 2 is 1.77 bits per heavy atom. The van der Waals surface area contributed by atoms with Crippen LogP contribution in [0.3, 0.4) is 0 Å². The van der Waals surface area contributed by atoms with Crippen molar-refractivity contribution in [1.82, 2.24) is 24.9 Å². The number of carbonyl (C=O) groups is 2. The number of carbonyl (C=O) groups excluding carboxylic acids is 2. The minimum atomic E-state index is -0.219. The Kier molecular flexibility index (Phi) is 5.32. The number of amides is 2. The van der Waals surface area contributed by atoms with Gasteiger partial charge in [0.05, 0.1) is 11.9 Å². The highest BCUT2D eigenvalue weighted by Crippen LogP contribution is 2.16. The highest BCUT2D eigenvalue weighted by molar-refractivity contribution is 6.04. The molecule has 0 saturated carbocycles. The van der Waals surface area contributed by atoms with Gasteiger partial charge in [0, 0.05) is 45.2 Å². The summed E-state index contributed by atoms with van der Waals surface area (Å²) in [5, 5.41) is 8.05. The molecule has 0 unspecified atom stereocenters. The topological polar surface area (TPSA) is 87.5 Å². The molecular weight excluding hydrogens is 334 g/mol. The molecule has 2 heterocycles. The van der Waals surface area contributed by atoms with E-state index in [9.17, 15) is 14.4 Å². The zero-order valence-corrected chi connectivity index (χ0v) is 15.1. The maximum absolute atomic E-state index is 13.0. The SMILES string of the molecule is CCNC(=O)CN1CCN(C(=O)c2nn(C)c(=O)c3ccccc23)CC1. The van der Waals surface area contributed by atoms with Gasteiger partial charge in [-0.25, -0.2) is 4.68 Å². The molecule has 0 atom stereocenters. The summed E-state index contributed by atoms with van der Waals surface area (Å²) in [6, 6.07) is 7.03. The number of nitrogens with one attached hydrogen (secondary N) is 1. The van der Waals surface area contributed by atoms with Crippen LogP contribution in [0.5, 0.6) is 0 Å². The molecule has 0 radical (unpaired) electrons. The molecule has 0 bridgehead atoms. The highest BCUT2D eigenvalue weighted by Gasteiger charge is 2.26. The van der Waals surface area contributed by atoms with E-state index in [4.69, 9.17) is 0 Å². The van der Waals surface area contributed by atoms with Crippen LogP contribution in [-0.2, 0) is 11.8 Å². The fraction of sp³-hybridized carbons (Fsp3) is 0.444. The van der Waals surface area contributed by atoms with Crippen LogP contribution in [-0.4, -0.2) is 70.7 Å². The number of hydrogen-bond acceptors (Lipinski definition) is 5. The molecule has 3 rings (SSSR count). The number of aryl methyl sites for hydroxylation is 1. The van der Waals surface area contributed by atoms with Gasteiger partial charge in [0.25, 0.3) is 11.5 Å². The molecule has 8 heteroatoms. The lowest BCUT2D eigenvalue weighted by atomic mass is 10.1. The summed E-state index contributed by atoms with van der Waals surface area (Å²) in [4.78, 5) is 40.6. The molecule has 1 aliphatic rings. The molecule has 1 fully saturated rings. The van der Waals surface area contributed by atoms with Crippen LogP contribution in [0.2, 0.25) is 0 Å². The van der Waals surface area contributed by atoms with E-state index in [1.807, 2.05) is 11.8 Å². The summed E-state index contributed by atoms with van der Waals surface area (Å²) in [5.74, 6) is -0.188. The standard InChI is InChI=1S/C18H23N5O3/c1-3-19-15(24)12-22-8-10-23(11-9-22)18(26)16-13-6-4-5-7-14(13)17(25)21(2)20-16/h4-7H,3,8-12H2,1-2H3,(H,19,24). The van der Waals surface area contributed by atoms with Gasteiger partial charge in [0.1, 0.15) is 0 Å². The Labute approximate surface area is 151 Å². The van der Waals surface area contributed by atoms with Gasteiger partial charge >= 0.3 is 0 Å². The molecule has 8 nitrogen and oxygen atoms in total. The van der Waals surface area contributed by atoms with Crippen LogP contribution in [0.1, 0.15) is 17.4 Å². The first-order valence-corrected chi connectivity index (χ1v) is 8.75. The third-order valence-electron chi connectivity index (χ3n) is 4.56. The number of aromatic nitrogens is 2. The van der Waals surface area contributed by atoms with Crippen molar-refractivity contribution < 1.29 is 9.59 Å². The van der Waals surface area contributed by atoms with E-state index in [0.29, 0.717) is 55.7 Å². The summed E-state index contributed by atoms with van der Waals surface area (Å²) < 4.78 is 1.21. The van der Waals surface area contributed by atoms with Crippen molar-refractivity contribution in [2.75, 3.05) is 39.3 Å². The van der Waals surface area contributed by atoms with Gasteiger partial charge in [0.2, 0.25) is 5.91 Å². The zero-order valence-electron chi connectivity index (χ0n) is 15.1. The van der Waals surface area contributed by atoms with Crippen molar-refractivity contribution in [2.45, 2.75) is 6.92 Å². The summed E-state index contributed by atoms with van der Waals surface area (Å²) in [6.45, 7) is 5.16. The molecule has 1 aliphatic heterocycles. The lowest BCUT2D eigenvalue weighted by Crippen LogP contribution is -2.51. The third-order valence-corrected chi connectivity index (χ3v) is 4.56. The molecule has 138 valence electrons. The second-order valence-corrected chi connectivity index (χ2v) is 6.34. The molecule has 1 aromatic carbocycles. The number of fused-ring (bicyclic) bond motifs is 1. The normalized spacial score (nSPS) is 15.2. The predicted octanol–water partition coefficient (Wildman–Crippen LogP) is -0.173. The van der Waals surface area contributed by atoms with Crippen molar-refractivity contribution in [3.05, 3.63) is 40.3 Å². The number of rotatable bonds is 4. The number of hydrogen-bond donors (Lipinski definition) is 1. The number of nitrogens with zero attached hydrogens (tertiary/aromatic N) is 4. The van der Waals surface area contributed by atoms with Crippen molar-refractivity contribution in [3.8, 4) is 0 Å². The fourth-order valence-corrected chi connectivity index (χ4v) is 3.17. The Balaban J connectivity index is 1.76. The monoisotopic (exact) mass is 357 g/mol. The molecule has 2 amide bonds. The maximum Gasteiger partial charge on any atom is 0.275 e. The van der Waals surface area contributed by atoms with Crippen LogP contribution in [0.25, 0.3) is 10.8 Å². The third kappa shape index (κ3) is 3.60. The number of piperazine rings is 1. The molecule has 1 saturated heterocycles. The first-order valence-electron chi connectivity index (χ1n) is 8.75. The second-order valence-electron chi connectivity index (χ2n) is 6.34. The van der Waals surface area contributed by atoms with Crippen molar-refractivity contribution >= 4 is 22.6 Å². The molecule has 1 N–H and O–H groups in total. The minimum Gasteiger partial charge on any atom is -0.355 e. The zero-order chi connectivity index (χ0) is 18.7. The van der Waals surface area contributed by atoms with Crippen LogP contribution in [0.15, 0.2) is 29.1 Å². The largest absolute Gasteiger partial charge is 0.355 e. The quantitative estimate of drug-likeness (QED) is 0.821. The molecule has 1 aromatic heterocycles. The number of likely N-dealkylation sites (N-methyl/N-ethyl adjacent to an activating group) is 1. The van der Waals surface area contributed by atoms with Gasteiger partial charge in [-0.15, -0.1) is 0 Å². The smallest absolute Gasteiger partial charge is 0.275 e. The summed E-state index contributed by atoms with van der Waals surface area (Å²) in [6.07, 6.45) is 0. The lowest BCUT2D eigenvalue weighted by molar-refractivity contribution is -0.122. The molecule has 0 aliphatic carbocycles. The van der Waals surface area contributed by atoms with Crippen molar-refractivity contribution in [1.29, 1.82) is 0 Å². The first-order chi connectivity index (χ1) is 12.5. The van der Waals surface area contributed by atoms with E-state index in [1.54, 1.807) is 36.2 Å². The average Bonchev–Trinajstić information content (AvgIpc) is 2.65. The van der Waals surface area contributed by atoms with Gasteiger partial charge < -0.3 is 10.2 Å². The summed E-state index contributed by atoms with van der Waals surface area (Å²) in [5.41, 5.74) is 0.0729. The minimum absolute atomic E-state index is 0.00185. The fourth-order valence-electron chi connectivity index (χ4n) is 3.17. The van der Waals surface area contributed by atoms with E-state index in [0.717, 1.165) is 0 Å². The summed E-state index contributed by atoms with van der Waals surface area (Å²) >= 11 is 0. The van der Waals surface area contributed by atoms with Crippen LogP contribution < -0.4 is 10.9 Å². The Hall–Kier alpha value is -2.74.